The molecule has 0 spiro atoms. The van der Waals surface area contributed by atoms with Gasteiger partial charge in [-0.2, -0.15) is 0 Å². The molecule has 0 aliphatic carbocycles. The molecular weight excluding hydrogens is 290 g/mol. The summed E-state index contributed by atoms with van der Waals surface area (Å²) < 4.78 is 5.35. The van der Waals surface area contributed by atoms with Gasteiger partial charge in [-0.1, -0.05) is 23.9 Å². The van der Waals surface area contributed by atoms with Gasteiger partial charge >= 0.3 is 0 Å². The summed E-state index contributed by atoms with van der Waals surface area (Å²) in [4.78, 5) is 9.40. The predicted molar refractivity (Wildman–Crippen MR) is 95.3 cm³/mol. The Labute approximate surface area is 137 Å². The van der Waals surface area contributed by atoms with Crippen LogP contribution in [0.25, 0.3) is 10.9 Å². The Kier molecular flexibility index (Phi) is 6.91. The van der Waals surface area contributed by atoms with Gasteiger partial charge in [0.15, 0.2) is 0 Å². The minimum atomic E-state index is 0.452. The highest BCUT2D eigenvalue weighted by Crippen LogP contribution is 2.27. The number of benzene rings is 1. The van der Waals surface area contributed by atoms with E-state index in [1.165, 1.54) is 0 Å². The zero-order valence-corrected chi connectivity index (χ0v) is 13.5. The van der Waals surface area contributed by atoms with Crippen LogP contribution in [0.3, 0.4) is 0 Å². The normalized spacial score (nSPS) is 10.8. The van der Waals surface area contributed by atoms with Gasteiger partial charge in [0.25, 0.3) is 0 Å². The summed E-state index contributed by atoms with van der Waals surface area (Å²) >= 11 is 0. The maximum atomic E-state index is 5.35. The third-order valence-corrected chi connectivity index (χ3v) is 3.33. The number of oxime groups is 1. The van der Waals surface area contributed by atoms with E-state index >= 15 is 0 Å². The van der Waals surface area contributed by atoms with Crippen molar-refractivity contribution < 1.29 is 9.57 Å². The molecule has 0 aliphatic heterocycles. The fourth-order valence-corrected chi connectivity index (χ4v) is 2.20. The Bertz CT molecular complexity index is 656. The van der Waals surface area contributed by atoms with Crippen molar-refractivity contribution in [1.82, 2.24) is 4.98 Å². The number of unbranched alkanes of at least 4 members (excludes halogenated alkanes) is 2. The lowest BCUT2D eigenvalue weighted by molar-refractivity contribution is 0.176. The molecule has 1 heterocycles. The number of fused-ring (bicyclic) bond motifs is 1. The number of ether oxygens (including phenoxy) is 1. The monoisotopic (exact) mass is 313 g/mol. The van der Waals surface area contributed by atoms with Crippen LogP contribution in [0, 0.1) is 0 Å². The predicted octanol–water partition coefficient (Wildman–Crippen LogP) is 4.01. The number of rotatable bonds is 10. The lowest BCUT2D eigenvalue weighted by Crippen LogP contribution is -2.03. The van der Waals surface area contributed by atoms with Crippen molar-refractivity contribution in [2.75, 3.05) is 25.6 Å². The second-order valence-electron chi connectivity index (χ2n) is 5.05. The Morgan fingerprint density at radius 2 is 2.26 bits per heavy atom. The molecule has 0 atom stereocenters. The Hall–Kier alpha value is -2.56. The molecule has 1 aromatic carbocycles. The van der Waals surface area contributed by atoms with Gasteiger partial charge in [0.2, 0.25) is 0 Å². The standard InChI is InChI=1S/C18H23N3O2/c1-3-12-23-21-11-6-4-5-9-19-17-14-16(22-2)13-15-8-7-10-20-18(15)17/h3,7-8,10-11,13-14,19H,1,4-6,9,12H2,2H3/b21-11+. The van der Waals surface area contributed by atoms with Gasteiger partial charge in [0.05, 0.1) is 18.3 Å². The summed E-state index contributed by atoms with van der Waals surface area (Å²) in [6.45, 7) is 4.89. The van der Waals surface area contributed by atoms with Crippen molar-refractivity contribution in [2.24, 2.45) is 5.16 Å². The van der Waals surface area contributed by atoms with Gasteiger partial charge in [-0.05, 0) is 31.4 Å². The number of aromatic nitrogens is 1. The lowest BCUT2D eigenvalue weighted by atomic mass is 10.1. The average Bonchev–Trinajstić information content (AvgIpc) is 2.60. The highest BCUT2D eigenvalue weighted by Gasteiger charge is 2.05. The van der Waals surface area contributed by atoms with Crippen LogP contribution >= 0.6 is 0 Å². The number of hydrogen-bond donors (Lipinski definition) is 1. The van der Waals surface area contributed by atoms with E-state index in [1.807, 2.05) is 24.3 Å². The summed E-state index contributed by atoms with van der Waals surface area (Å²) in [6, 6.07) is 7.95. The van der Waals surface area contributed by atoms with Crippen LogP contribution in [-0.2, 0) is 4.84 Å². The topological polar surface area (TPSA) is 55.7 Å². The van der Waals surface area contributed by atoms with E-state index in [9.17, 15) is 0 Å². The smallest absolute Gasteiger partial charge is 0.135 e. The molecule has 122 valence electrons. The van der Waals surface area contributed by atoms with E-state index in [4.69, 9.17) is 9.57 Å². The molecule has 0 fully saturated rings. The summed E-state index contributed by atoms with van der Waals surface area (Å²) in [5.41, 5.74) is 1.97. The third-order valence-electron chi connectivity index (χ3n) is 3.33. The van der Waals surface area contributed by atoms with Crippen LogP contribution in [0.5, 0.6) is 5.75 Å². The van der Waals surface area contributed by atoms with Crippen molar-refractivity contribution in [1.29, 1.82) is 0 Å². The molecule has 2 rings (SSSR count). The first-order chi connectivity index (χ1) is 11.3. The summed E-state index contributed by atoms with van der Waals surface area (Å²) in [6.07, 6.45) is 8.26. The summed E-state index contributed by atoms with van der Waals surface area (Å²) in [5, 5.41) is 8.35. The van der Waals surface area contributed by atoms with Crippen molar-refractivity contribution >= 4 is 22.8 Å². The van der Waals surface area contributed by atoms with Crippen LogP contribution in [0.1, 0.15) is 19.3 Å². The Morgan fingerprint density at radius 3 is 3.09 bits per heavy atom. The molecule has 0 saturated heterocycles. The molecule has 0 amide bonds. The van der Waals surface area contributed by atoms with Gasteiger partial charge in [0, 0.05) is 30.4 Å². The van der Waals surface area contributed by atoms with Gasteiger partial charge in [-0.15, -0.1) is 0 Å². The van der Waals surface area contributed by atoms with E-state index in [2.05, 4.69) is 22.0 Å². The molecule has 1 N–H and O–H groups in total. The highest BCUT2D eigenvalue weighted by molar-refractivity contribution is 5.91. The SMILES string of the molecule is C=CCO/N=C/CCCCNc1cc(OC)cc2cccnc12. The molecule has 0 bridgehead atoms. The second-order valence-corrected chi connectivity index (χ2v) is 5.05. The van der Waals surface area contributed by atoms with Crippen LogP contribution in [0.4, 0.5) is 5.69 Å². The summed E-state index contributed by atoms with van der Waals surface area (Å²) in [5.74, 6) is 0.833. The number of anilines is 1. The van der Waals surface area contributed by atoms with Crippen LogP contribution in [0.15, 0.2) is 48.3 Å². The molecule has 23 heavy (non-hydrogen) atoms. The largest absolute Gasteiger partial charge is 0.497 e. The first-order valence-electron chi connectivity index (χ1n) is 7.76. The molecule has 0 unspecified atom stereocenters. The molecule has 5 heteroatoms. The van der Waals surface area contributed by atoms with Crippen LogP contribution in [-0.4, -0.2) is 31.5 Å². The number of nitrogens with zero attached hydrogens (tertiary/aromatic N) is 2. The van der Waals surface area contributed by atoms with E-state index in [-0.39, 0.29) is 0 Å². The van der Waals surface area contributed by atoms with E-state index in [0.29, 0.717) is 6.61 Å². The maximum absolute atomic E-state index is 5.35. The Morgan fingerprint density at radius 1 is 1.35 bits per heavy atom. The fourth-order valence-electron chi connectivity index (χ4n) is 2.20. The Balaban J connectivity index is 1.82. The number of methoxy groups -OCH3 is 1. The molecule has 2 aromatic rings. The molecule has 1 aromatic heterocycles. The van der Waals surface area contributed by atoms with Crippen molar-refractivity contribution in [3.8, 4) is 5.75 Å². The van der Waals surface area contributed by atoms with Crippen molar-refractivity contribution in [3.05, 3.63) is 43.1 Å². The average molecular weight is 313 g/mol. The van der Waals surface area contributed by atoms with Gasteiger partial charge in [-0.25, -0.2) is 0 Å². The number of nitrogens with one attached hydrogen (secondary N) is 1. The van der Waals surface area contributed by atoms with Crippen LogP contribution in [0.2, 0.25) is 0 Å². The van der Waals surface area contributed by atoms with Gasteiger partial charge in [0.1, 0.15) is 12.4 Å². The van der Waals surface area contributed by atoms with E-state index in [1.54, 1.807) is 25.6 Å². The fraction of sp³-hybridized carbons (Fsp3) is 0.333. The highest BCUT2D eigenvalue weighted by atomic mass is 16.6. The molecular formula is C18H23N3O2. The maximum Gasteiger partial charge on any atom is 0.135 e. The van der Waals surface area contributed by atoms with E-state index in [0.717, 1.165) is 48.1 Å². The third kappa shape index (κ3) is 5.29. The van der Waals surface area contributed by atoms with Gasteiger partial charge in [-0.3, -0.25) is 4.98 Å². The molecule has 5 nitrogen and oxygen atoms in total. The second kappa shape index (κ2) is 9.46. The zero-order valence-electron chi connectivity index (χ0n) is 13.5. The summed E-state index contributed by atoms with van der Waals surface area (Å²) in [7, 11) is 1.68. The first-order valence-corrected chi connectivity index (χ1v) is 7.76. The number of hydrogen-bond acceptors (Lipinski definition) is 5. The van der Waals surface area contributed by atoms with Crippen molar-refractivity contribution in [2.45, 2.75) is 19.3 Å². The minimum absolute atomic E-state index is 0.452. The zero-order chi connectivity index (χ0) is 16.3. The molecule has 0 aliphatic rings. The lowest BCUT2D eigenvalue weighted by Gasteiger charge is -2.11. The first kappa shape index (κ1) is 16.8. The van der Waals surface area contributed by atoms with Gasteiger partial charge < -0.3 is 14.9 Å². The molecule has 0 saturated carbocycles. The van der Waals surface area contributed by atoms with Crippen molar-refractivity contribution in [3.63, 3.8) is 0 Å². The number of pyridine rings is 1. The quantitative estimate of drug-likeness (QED) is 0.311. The molecule has 0 radical (unpaired) electrons. The van der Waals surface area contributed by atoms with E-state index < -0.39 is 0 Å². The minimum Gasteiger partial charge on any atom is -0.497 e. The van der Waals surface area contributed by atoms with Crippen LogP contribution < -0.4 is 10.1 Å².